The predicted octanol–water partition coefficient (Wildman–Crippen LogP) is 5.33. The Balaban J connectivity index is 1.43. The number of aromatic nitrogens is 2. The summed E-state index contributed by atoms with van der Waals surface area (Å²) in [5.74, 6) is 1.47. The Hall–Kier alpha value is -2.17. The molecule has 0 saturated carbocycles. The van der Waals surface area contributed by atoms with E-state index in [-0.39, 0.29) is 0 Å². The normalized spacial score (nSPS) is 13.3. The van der Waals surface area contributed by atoms with E-state index in [0.717, 1.165) is 42.3 Å². The number of thioether (sulfide) groups is 1. The summed E-state index contributed by atoms with van der Waals surface area (Å²) in [5.41, 5.74) is 4.95. The van der Waals surface area contributed by atoms with Gasteiger partial charge in [-0.2, -0.15) is 0 Å². The van der Waals surface area contributed by atoms with E-state index in [0.29, 0.717) is 5.94 Å². The second kappa shape index (κ2) is 9.16. The van der Waals surface area contributed by atoms with Crippen molar-refractivity contribution in [1.29, 1.82) is 0 Å². The molecule has 0 amide bonds. The standard InChI is InChI=1S/C23H24N2OS/c1-3-9-18(10-4-1)15-16-26-17-27-23-20-13-7-8-14-21(20)24-22(25-23)19-11-5-2-6-12-19/h1-6,9-12H,7-8,13-17H2. The van der Waals surface area contributed by atoms with E-state index in [1.54, 1.807) is 11.8 Å². The fourth-order valence-electron chi connectivity index (χ4n) is 3.39. The predicted molar refractivity (Wildman–Crippen MR) is 111 cm³/mol. The van der Waals surface area contributed by atoms with Crippen molar-refractivity contribution >= 4 is 11.8 Å². The Bertz CT molecular complexity index is 868. The van der Waals surface area contributed by atoms with Crippen LogP contribution in [0, 0.1) is 0 Å². The van der Waals surface area contributed by atoms with Crippen LogP contribution in [-0.2, 0) is 24.0 Å². The number of hydrogen-bond donors (Lipinski definition) is 0. The zero-order valence-corrected chi connectivity index (χ0v) is 16.3. The summed E-state index contributed by atoms with van der Waals surface area (Å²) in [6.45, 7) is 0.732. The van der Waals surface area contributed by atoms with Crippen LogP contribution in [0.2, 0.25) is 0 Å². The average molecular weight is 377 g/mol. The molecule has 0 aliphatic heterocycles. The van der Waals surface area contributed by atoms with Gasteiger partial charge in [-0.25, -0.2) is 9.97 Å². The lowest BCUT2D eigenvalue weighted by Gasteiger charge is -2.19. The first-order valence-electron chi connectivity index (χ1n) is 9.60. The second-order valence-corrected chi connectivity index (χ2v) is 7.67. The van der Waals surface area contributed by atoms with E-state index in [1.807, 2.05) is 24.3 Å². The first-order valence-corrected chi connectivity index (χ1v) is 10.6. The molecule has 0 N–H and O–H groups in total. The van der Waals surface area contributed by atoms with Gasteiger partial charge < -0.3 is 4.74 Å². The molecule has 4 rings (SSSR count). The largest absolute Gasteiger partial charge is 0.370 e. The van der Waals surface area contributed by atoms with Crippen LogP contribution in [0.25, 0.3) is 11.4 Å². The minimum absolute atomic E-state index is 0.629. The Morgan fingerprint density at radius 3 is 2.41 bits per heavy atom. The third-order valence-corrected chi connectivity index (χ3v) is 5.73. The molecule has 3 nitrogen and oxygen atoms in total. The molecule has 0 spiro atoms. The van der Waals surface area contributed by atoms with Gasteiger partial charge in [-0.1, -0.05) is 72.4 Å². The highest BCUT2D eigenvalue weighted by atomic mass is 32.2. The monoisotopic (exact) mass is 376 g/mol. The van der Waals surface area contributed by atoms with E-state index in [2.05, 4.69) is 36.4 Å². The van der Waals surface area contributed by atoms with Crippen LogP contribution in [0.4, 0.5) is 0 Å². The summed E-state index contributed by atoms with van der Waals surface area (Å²) in [4.78, 5) is 9.75. The number of fused-ring (bicyclic) bond motifs is 1. The van der Waals surface area contributed by atoms with Crippen LogP contribution >= 0.6 is 11.8 Å². The van der Waals surface area contributed by atoms with Crippen molar-refractivity contribution in [3.8, 4) is 11.4 Å². The van der Waals surface area contributed by atoms with Crippen molar-refractivity contribution in [2.45, 2.75) is 37.1 Å². The molecule has 138 valence electrons. The van der Waals surface area contributed by atoms with Crippen molar-refractivity contribution in [3.05, 3.63) is 77.5 Å². The summed E-state index contributed by atoms with van der Waals surface area (Å²) >= 11 is 1.71. The molecule has 2 aromatic carbocycles. The first kappa shape index (κ1) is 18.2. The van der Waals surface area contributed by atoms with Gasteiger partial charge in [0.15, 0.2) is 5.82 Å². The van der Waals surface area contributed by atoms with Crippen molar-refractivity contribution in [1.82, 2.24) is 9.97 Å². The summed E-state index contributed by atoms with van der Waals surface area (Å²) in [5, 5.41) is 1.10. The van der Waals surface area contributed by atoms with Gasteiger partial charge in [-0.05, 0) is 37.7 Å². The van der Waals surface area contributed by atoms with Crippen molar-refractivity contribution < 1.29 is 4.74 Å². The molecule has 0 saturated heterocycles. The molecule has 1 aliphatic carbocycles. The molecular weight excluding hydrogens is 352 g/mol. The third-order valence-electron chi connectivity index (χ3n) is 4.83. The highest BCUT2D eigenvalue weighted by Gasteiger charge is 2.18. The molecule has 0 atom stereocenters. The van der Waals surface area contributed by atoms with Crippen LogP contribution < -0.4 is 0 Å². The zero-order chi connectivity index (χ0) is 18.3. The van der Waals surface area contributed by atoms with Gasteiger partial charge in [-0.3, -0.25) is 0 Å². The SMILES string of the molecule is c1ccc(CCOCSc2nc(-c3ccccc3)nc3c2CCCC3)cc1. The smallest absolute Gasteiger partial charge is 0.160 e. The topological polar surface area (TPSA) is 35.0 Å². The number of aryl methyl sites for hydroxylation is 1. The average Bonchev–Trinajstić information content (AvgIpc) is 2.74. The molecule has 1 aromatic heterocycles. The highest BCUT2D eigenvalue weighted by Crippen LogP contribution is 2.31. The van der Waals surface area contributed by atoms with Crippen LogP contribution in [0.15, 0.2) is 65.7 Å². The van der Waals surface area contributed by atoms with Gasteiger partial charge in [0, 0.05) is 16.8 Å². The highest BCUT2D eigenvalue weighted by molar-refractivity contribution is 7.99. The van der Waals surface area contributed by atoms with Gasteiger partial charge in [0.25, 0.3) is 0 Å². The summed E-state index contributed by atoms with van der Waals surface area (Å²) < 4.78 is 5.88. The molecule has 0 fully saturated rings. The van der Waals surface area contributed by atoms with Crippen molar-refractivity contribution in [2.24, 2.45) is 0 Å². The van der Waals surface area contributed by atoms with Gasteiger partial charge in [0.2, 0.25) is 0 Å². The molecule has 3 aromatic rings. The molecule has 4 heteroatoms. The maximum atomic E-state index is 5.88. The Kier molecular flexibility index (Phi) is 6.17. The van der Waals surface area contributed by atoms with Gasteiger partial charge in [0.1, 0.15) is 5.03 Å². The Morgan fingerprint density at radius 1 is 0.852 bits per heavy atom. The van der Waals surface area contributed by atoms with Crippen LogP contribution in [0.3, 0.4) is 0 Å². The lowest BCUT2D eigenvalue weighted by atomic mass is 9.97. The molecule has 0 bridgehead atoms. The minimum Gasteiger partial charge on any atom is -0.370 e. The Labute approximate surface area is 165 Å². The van der Waals surface area contributed by atoms with Crippen molar-refractivity contribution in [2.75, 3.05) is 12.5 Å². The number of rotatable bonds is 7. The summed E-state index contributed by atoms with van der Waals surface area (Å²) in [6, 6.07) is 20.7. The molecule has 27 heavy (non-hydrogen) atoms. The van der Waals surface area contributed by atoms with Crippen molar-refractivity contribution in [3.63, 3.8) is 0 Å². The summed E-state index contributed by atoms with van der Waals surface area (Å²) in [7, 11) is 0. The van der Waals surface area contributed by atoms with E-state index < -0.39 is 0 Å². The second-order valence-electron chi connectivity index (χ2n) is 6.76. The minimum atomic E-state index is 0.629. The number of benzene rings is 2. The van der Waals surface area contributed by atoms with Crippen LogP contribution in [0.1, 0.15) is 29.7 Å². The van der Waals surface area contributed by atoms with Gasteiger partial charge in [-0.15, -0.1) is 0 Å². The van der Waals surface area contributed by atoms with Gasteiger partial charge >= 0.3 is 0 Å². The molecule has 1 heterocycles. The van der Waals surface area contributed by atoms with Crippen LogP contribution in [-0.4, -0.2) is 22.5 Å². The van der Waals surface area contributed by atoms with E-state index >= 15 is 0 Å². The molecule has 1 aliphatic rings. The number of hydrogen-bond acceptors (Lipinski definition) is 4. The molecule has 0 unspecified atom stereocenters. The lowest BCUT2D eigenvalue weighted by molar-refractivity contribution is 0.186. The zero-order valence-electron chi connectivity index (χ0n) is 15.4. The molecular formula is C23H24N2OS. The van der Waals surface area contributed by atoms with Gasteiger partial charge in [0.05, 0.1) is 12.5 Å². The maximum Gasteiger partial charge on any atom is 0.160 e. The first-order chi connectivity index (χ1) is 13.4. The van der Waals surface area contributed by atoms with Crippen LogP contribution in [0.5, 0.6) is 0 Å². The number of nitrogens with zero attached hydrogens (tertiary/aromatic N) is 2. The number of ether oxygens (including phenoxy) is 1. The Morgan fingerprint density at radius 2 is 1.59 bits per heavy atom. The third kappa shape index (κ3) is 4.76. The quantitative estimate of drug-likeness (QED) is 0.242. The van der Waals surface area contributed by atoms with E-state index in [9.17, 15) is 0 Å². The fourth-order valence-corrected chi connectivity index (χ4v) is 4.24. The maximum absolute atomic E-state index is 5.88. The summed E-state index contributed by atoms with van der Waals surface area (Å²) in [6.07, 6.45) is 5.52. The van der Waals surface area contributed by atoms with E-state index in [4.69, 9.17) is 14.7 Å². The van der Waals surface area contributed by atoms with E-state index in [1.165, 1.54) is 29.7 Å². The lowest BCUT2D eigenvalue weighted by Crippen LogP contribution is -2.10. The molecule has 0 radical (unpaired) electrons. The fraction of sp³-hybridized carbons (Fsp3) is 0.304.